The molecule has 5 heteroatoms. The van der Waals surface area contributed by atoms with Crippen LogP contribution in [0.3, 0.4) is 0 Å². The van der Waals surface area contributed by atoms with Crippen LogP contribution in [0.4, 0.5) is 14.5 Å². The third-order valence-electron chi connectivity index (χ3n) is 3.89. The molecule has 1 aromatic rings. The van der Waals surface area contributed by atoms with Gasteiger partial charge in [-0.1, -0.05) is 6.92 Å². The highest BCUT2D eigenvalue weighted by atomic mass is 19.1. The minimum Gasteiger partial charge on any atom is -0.380 e. The molecule has 1 aliphatic rings. The van der Waals surface area contributed by atoms with Crippen LogP contribution in [-0.2, 0) is 0 Å². The summed E-state index contributed by atoms with van der Waals surface area (Å²) >= 11 is 0. The molecule has 20 heavy (non-hydrogen) atoms. The Kier molecular flexibility index (Phi) is 4.91. The van der Waals surface area contributed by atoms with Crippen molar-refractivity contribution in [3.05, 3.63) is 29.3 Å². The van der Waals surface area contributed by atoms with Crippen LogP contribution in [0, 0.1) is 28.9 Å². The summed E-state index contributed by atoms with van der Waals surface area (Å²) in [5, 5.41) is 11.5. The molecule has 108 valence electrons. The number of nitrogens with zero attached hydrogens (tertiary/aromatic N) is 2. The van der Waals surface area contributed by atoms with Gasteiger partial charge in [0, 0.05) is 6.54 Å². The fourth-order valence-electron chi connectivity index (χ4n) is 2.56. The number of likely N-dealkylation sites (tertiary alicyclic amines) is 1. The monoisotopic (exact) mass is 279 g/mol. The Morgan fingerprint density at radius 1 is 1.30 bits per heavy atom. The highest BCUT2D eigenvalue weighted by molar-refractivity contribution is 5.50. The van der Waals surface area contributed by atoms with E-state index in [9.17, 15) is 8.78 Å². The lowest BCUT2D eigenvalue weighted by Gasteiger charge is -2.31. The molecule has 1 saturated heterocycles. The number of nitriles is 1. The van der Waals surface area contributed by atoms with Crippen molar-refractivity contribution in [3.63, 3.8) is 0 Å². The predicted molar refractivity (Wildman–Crippen MR) is 74.4 cm³/mol. The van der Waals surface area contributed by atoms with E-state index in [0.29, 0.717) is 12.5 Å². The second kappa shape index (κ2) is 6.67. The van der Waals surface area contributed by atoms with Gasteiger partial charge >= 0.3 is 0 Å². The quantitative estimate of drug-likeness (QED) is 0.921. The van der Waals surface area contributed by atoms with Crippen LogP contribution in [0.1, 0.15) is 25.3 Å². The van der Waals surface area contributed by atoms with Crippen molar-refractivity contribution in [1.82, 2.24) is 4.90 Å². The zero-order valence-corrected chi connectivity index (χ0v) is 11.6. The molecule has 0 atom stereocenters. The average Bonchev–Trinajstić information content (AvgIpc) is 2.46. The summed E-state index contributed by atoms with van der Waals surface area (Å²) in [7, 11) is 0. The van der Waals surface area contributed by atoms with E-state index in [2.05, 4.69) is 17.1 Å². The van der Waals surface area contributed by atoms with Crippen LogP contribution in [0.15, 0.2) is 12.1 Å². The summed E-state index contributed by atoms with van der Waals surface area (Å²) in [6.07, 6.45) is 2.08. The Labute approximate surface area is 118 Å². The molecule has 0 unspecified atom stereocenters. The van der Waals surface area contributed by atoms with E-state index in [-0.39, 0.29) is 11.3 Å². The number of benzene rings is 1. The summed E-state index contributed by atoms with van der Waals surface area (Å²) < 4.78 is 27.4. The van der Waals surface area contributed by atoms with Gasteiger partial charge in [-0.2, -0.15) is 5.26 Å². The summed E-state index contributed by atoms with van der Waals surface area (Å²) in [5.74, 6) is -0.965. The number of halogens is 2. The number of piperidine rings is 1. The lowest BCUT2D eigenvalue weighted by molar-refractivity contribution is 0.198. The third-order valence-corrected chi connectivity index (χ3v) is 3.89. The number of nitrogens with one attached hydrogen (secondary N) is 1. The molecule has 3 nitrogen and oxygen atoms in total. The first kappa shape index (κ1) is 14.7. The molecule has 1 aliphatic heterocycles. The van der Waals surface area contributed by atoms with Gasteiger partial charge in [-0.15, -0.1) is 0 Å². The van der Waals surface area contributed by atoms with Gasteiger partial charge in [0.05, 0.1) is 11.6 Å². The zero-order valence-electron chi connectivity index (χ0n) is 11.6. The molecule has 0 bridgehead atoms. The van der Waals surface area contributed by atoms with Crippen molar-refractivity contribution in [2.75, 3.05) is 31.5 Å². The zero-order chi connectivity index (χ0) is 14.5. The Bertz CT molecular complexity index is 479. The molecule has 1 aromatic carbocycles. The van der Waals surface area contributed by atoms with Gasteiger partial charge < -0.3 is 10.2 Å². The highest BCUT2D eigenvalue weighted by Crippen LogP contribution is 2.23. The fourth-order valence-corrected chi connectivity index (χ4v) is 2.56. The lowest BCUT2D eigenvalue weighted by Crippen LogP contribution is -2.35. The van der Waals surface area contributed by atoms with Crippen LogP contribution in [0.5, 0.6) is 0 Å². The minimum absolute atomic E-state index is 0.00167. The lowest BCUT2D eigenvalue weighted by atomic mass is 9.96. The average molecular weight is 279 g/mol. The molecule has 2 rings (SSSR count). The standard InChI is InChI=1S/C15H19F2N3/c1-2-20-5-3-11(4-6-20)10-19-15-13(16)7-12(9-18)8-14(15)17/h7-8,11,19H,2-6,10H2,1H3. The van der Waals surface area contributed by atoms with E-state index >= 15 is 0 Å². The largest absolute Gasteiger partial charge is 0.380 e. The topological polar surface area (TPSA) is 39.1 Å². The molecular formula is C15H19F2N3. The molecule has 0 aromatic heterocycles. The van der Waals surface area contributed by atoms with Crippen LogP contribution >= 0.6 is 0 Å². The maximum absolute atomic E-state index is 13.7. The number of hydrogen-bond donors (Lipinski definition) is 1. The van der Waals surface area contributed by atoms with Crippen LogP contribution in [0.2, 0.25) is 0 Å². The number of hydrogen-bond acceptors (Lipinski definition) is 3. The predicted octanol–water partition coefficient (Wildman–Crippen LogP) is 2.98. The van der Waals surface area contributed by atoms with Gasteiger partial charge in [-0.3, -0.25) is 0 Å². The summed E-state index contributed by atoms with van der Waals surface area (Å²) in [5.41, 5.74) is -0.122. The van der Waals surface area contributed by atoms with E-state index in [1.165, 1.54) is 0 Å². The Balaban J connectivity index is 1.93. The van der Waals surface area contributed by atoms with Crippen molar-refractivity contribution in [2.45, 2.75) is 19.8 Å². The Morgan fingerprint density at radius 3 is 2.40 bits per heavy atom. The molecule has 0 amide bonds. The third kappa shape index (κ3) is 3.45. The molecular weight excluding hydrogens is 260 g/mol. The maximum atomic E-state index is 13.7. The van der Waals surface area contributed by atoms with Gasteiger partial charge in [-0.25, -0.2) is 8.78 Å². The van der Waals surface area contributed by atoms with Crippen LogP contribution in [-0.4, -0.2) is 31.1 Å². The smallest absolute Gasteiger partial charge is 0.150 e. The molecule has 0 aliphatic carbocycles. The summed E-state index contributed by atoms with van der Waals surface area (Å²) in [4.78, 5) is 2.37. The van der Waals surface area contributed by atoms with Crippen molar-refractivity contribution >= 4 is 5.69 Å². The van der Waals surface area contributed by atoms with Crippen molar-refractivity contribution < 1.29 is 8.78 Å². The van der Waals surface area contributed by atoms with E-state index in [4.69, 9.17) is 5.26 Å². The molecule has 0 spiro atoms. The van der Waals surface area contributed by atoms with Crippen molar-refractivity contribution in [2.24, 2.45) is 5.92 Å². The Hall–Kier alpha value is -1.67. The van der Waals surface area contributed by atoms with Crippen molar-refractivity contribution in [1.29, 1.82) is 5.26 Å². The minimum atomic E-state index is -0.701. The Morgan fingerprint density at radius 2 is 1.90 bits per heavy atom. The molecule has 0 saturated carbocycles. The van der Waals surface area contributed by atoms with Crippen molar-refractivity contribution in [3.8, 4) is 6.07 Å². The van der Waals surface area contributed by atoms with E-state index < -0.39 is 11.6 Å². The molecule has 1 fully saturated rings. The van der Waals surface area contributed by atoms with Gasteiger partial charge in [0.2, 0.25) is 0 Å². The molecule has 0 radical (unpaired) electrons. The first-order chi connectivity index (χ1) is 9.63. The van der Waals surface area contributed by atoms with E-state index in [1.807, 2.05) is 0 Å². The van der Waals surface area contributed by atoms with Crippen LogP contribution in [0.25, 0.3) is 0 Å². The summed E-state index contributed by atoms with van der Waals surface area (Å²) in [6, 6.07) is 3.86. The molecule has 1 heterocycles. The van der Waals surface area contributed by atoms with E-state index in [0.717, 1.165) is 44.6 Å². The number of rotatable bonds is 4. The maximum Gasteiger partial charge on any atom is 0.150 e. The normalized spacial score (nSPS) is 16.9. The highest BCUT2D eigenvalue weighted by Gasteiger charge is 2.19. The van der Waals surface area contributed by atoms with Crippen LogP contribution < -0.4 is 5.32 Å². The first-order valence-corrected chi connectivity index (χ1v) is 6.99. The second-order valence-electron chi connectivity index (χ2n) is 5.19. The van der Waals surface area contributed by atoms with Gasteiger partial charge in [0.15, 0.2) is 11.6 Å². The first-order valence-electron chi connectivity index (χ1n) is 6.99. The van der Waals surface area contributed by atoms with Gasteiger partial charge in [0.1, 0.15) is 5.69 Å². The second-order valence-corrected chi connectivity index (χ2v) is 5.19. The van der Waals surface area contributed by atoms with Gasteiger partial charge in [-0.05, 0) is 50.5 Å². The SMILES string of the molecule is CCN1CCC(CNc2c(F)cc(C#N)cc2F)CC1. The number of anilines is 1. The van der Waals surface area contributed by atoms with Gasteiger partial charge in [0.25, 0.3) is 0 Å². The summed E-state index contributed by atoms with van der Waals surface area (Å²) in [6.45, 7) is 5.85. The molecule has 1 N–H and O–H groups in total. The fraction of sp³-hybridized carbons (Fsp3) is 0.533. The van der Waals surface area contributed by atoms with E-state index in [1.54, 1.807) is 6.07 Å².